The zero-order valence-electron chi connectivity index (χ0n) is 18.2. The fourth-order valence-corrected chi connectivity index (χ4v) is 4.24. The number of halogens is 1. The van der Waals surface area contributed by atoms with Crippen molar-refractivity contribution in [3.8, 4) is 5.75 Å². The highest BCUT2D eigenvalue weighted by molar-refractivity contribution is 6.31. The van der Waals surface area contributed by atoms with Crippen LogP contribution in [0.3, 0.4) is 0 Å². The Morgan fingerprint density at radius 3 is 2.47 bits per heavy atom. The number of hydrogen-bond acceptors (Lipinski definition) is 5. The van der Waals surface area contributed by atoms with Gasteiger partial charge >= 0.3 is 5.97 Å². The molecule has 3 aromatic carbocycles. The summed E-state index contributed by atoms with van der Waals surface area (Å²) < 4.78 is 17.2. The Kier molecular flexibility index (Phi) is 6.47. The monoisotopic (exact) mass is 449 g/mol. The van der Waals surface area contributed by atoms with Gasteiger partial charge in [0.05, 0.1) is 19.1 Å². The third-order valence-corrected chi connectivity index (χ3v) is 5.61. The molecule has 5 nitrogen and oxygen atoms in total. The number of rotatable bonds is 5. The maximum atomic E-state index is 13.3. The molecule has 32 heavy (non-hydrogen) atoms. The van der Waals surface area contributed by atoms with E-state index in [4.69, 9.17) is 25.8 Å². The van der Waals surface area contributed by atoms with Crippen LogP contribution in [0.5, 0.6) is 5.75 Å². The summed E-state index contributed by atoms with van der Waals surface area (Å²) in [7, 11) is 0. The Hall–Kier alpha value is -3.31. The SMILES string of the molecule is CCOC(=O)C1=C(/N=C(\C)OCC)Oc2ccc3ccccc3c2C1c1ccccc1Cl. The second-order valence-electron chi connectivity index (χ2n) is 7.26. The van der Waals surface area contributed by atoms with Gasteiger partial charge in [0.1, 0.15) is 11.3 Å². The van der Waals surface area contributed by atoms with Crippen LogP contribution in [0, 0.1) is 0 Å². The molecule has 1 heterocycles. The summed E-state index contributed by atoms with van der Waals surface area (Å²) in [5, 5.41) is 2.55. The van der Waals surface area contributed by atoms with E-state index in [9.17, 15) is 4.79 Å². The highest BCUT2D eigenvalue weighted by atomic mass is 35.5. The van der Waals surface area contributed by atoms with Crippen molar-refractivity contribution >= 4 is 34.2 Å². The second kappa shape index (κ2) is 9.45. The quantitative estimate of drug-likeness (QED) is 0.262. The summed E-state index contributed by atoms with van der Waals surface area (Å²) in [4.78, 5) is 17.8. The van der Waals surface area contributed by atoms with E-state index in [0.29, 0.717) is 28.8 Å². The minimum atomic E-state index is -0.522. The number of nitrogens with zero attached hydrogens (tertiary/aromatic N) is 1. The van der Waals surface area contributed by atoms with E-state index in [1.807, 2.05) is 67.6 Å². The smallest absolute Gasteiger partial charge is 0.340 e. The molecule has 0 saturated heterocycles. The number of hydrogen-bond donors (Lipinski definition) is 0. The maximum absolute atomic E-state index is 13.3. The largest absolute Gasteiger partial charge is 0.481 e. The predicted octanol–water partition coefficient (Wildman–Crippen LogP) is 6.25. The molecule has 4 rings (SSSR count). The molecule has 1 unspecified atom stereocenters. The molecule has 0 aromatic heterocycles. The number of ether oxygens (including phenoxy) is 3. The van der Waals surface area contributed by atoms with Crippen LogP contribution in [0.1, 0.15) is 37.8 Å². The highest BCUT2D eigenvalue weighted by Crippen LogP contribution is 2.48. The minimum Gasteiger partial charge on any atom is -0.481 e. The van der Waals surface area contributed by atoms with Crippen molar-refractivity contribution in [2.24, 2.45) is 4.99 Å². The molecular weight excluding hydrogens is 426 g/mol. The summed E-state index contributed by atoms with van der Waals surface area (Å²) in [5.41, 5.74) is 1.93. The molecule has 0 amide bonds. The van der Waals surface area contributed by atoms with Crippen LogP contribution in [-0.2, 0) is 14.3 Å². The molecule has 0 fully saturated rings. The molecular formula is C26H24ClNO4. The van der Waals surface area contributed by atoms with Gasteiger partial charge in [-0.1, -0.05) is 60.1 Å². The van der Waals surface area contributed by atoms with E-state index < -0.39 is 11.9 Å². The Balaban J connectivity index is 2.06. The summed E-state index contributed by atoms with van der Waals surface area (Å²) in [6.07, 6.45) is 0. The fraction of sp³-hybridized carbons (Fsp3) is 0.231. The Labute approximate surface area is 192 Å². The Bertz CT molecular complexity index is 1230. The lowest BCUT2D eigenvalue weighted by Crippen LogP contribution is -2.24. The van der Waals surface area contributed by atoms with Gasteiger partial charge in [0.2, 0.25) is 5.88 Å². The number of esters is 1. The van der Waals surface area contributed by atoms with E-state index in [0.717, 1.165) is 21.9 Å². The van der Waals surface area contributed by atoms with Gasteiger partial charge in [-0.2, -0.15) is 4.99 Å². The first-order valence-corrected chi connectivity index (χ1v) is 11.0. The molecule has 0 spiro atoms. The molecule has 6 heteroatoms. The molecule has 1 atom stereocenters. The number of carbonyl (C=O) groups is 1. The molecule has 0 saturated carbocycles. The highest BCUT2D eigenvalue weighted by Gasteiger charge is 2.38. The third kappa shape index (κ3) is 4.08. The van der Waals surface area contributed by atoms with Gasteiger partial charge in [0.15, 0.2) is 5.90 Å². The molecule has 1 aliphatic rings. The van der Waals surface area contributed by atoms with Crippen molar-refractivity contribution in [2.45, 2.75) is 26.7 Å². The molecule has 3 aromatic rings. The molecule has 0 bridgehead atoms. The molecule has 0 aliphatic carbocycles. The number of aliphatic imine (C=N–C) groups is 1. The summed E-state index contributed by atoms with van der Waals surface area (Å²) in [6.45, 7) is 6.04. The van der Waals surface area contributed by atoms with Crippen LogP contribution in [0.15, 0.2) is 77.1 Å². The lowest BCUT2D eigenvalue weighted by atomic mass is 9.80. The van der Waals surface area contributed by atoms with E-state index in [-0.39, 0.29) is 12.5 Å². The van der Waals surface area contributed by atoms with Crippen LogP contribution < -0.4 is 4.74 Å². The van der Waals surface area contributed by atoms with Gasteiger partial charge in [-0.05, 0) is 42.3 Å². The van der Waals surface area contributed by atoms with Gasteiger partial charge < -0.3 is 14.2 Å². The molecule has 1 aliphatic heterocycles. The molecule has 0 N–H and O–H groups in total. The maximum Gasteiger partial charge on any atom is 0.340 e. The summed E-state index contributed by atoms with van der Waals surface area (Å²) in [6, 6.07) is 19.4. The first-order chi connectivity index (χ1) is 15.5. The Morgan fingerprint density at radius 1 is 1.00 bits per heavy atom. The van der Waals surface area contributed by atoms with Gasteiger partial charge in [0, 0.05) is 17.5 Å². The van der Waals surface area contributed by atoms with Crippen LogP contribution in [0.2, 0.25) is 5.02 Å². The van der Waals surface area contributed by atoms with Crippen molar-refractivity contribution in [1.82, 2.24) is 0 Å². The van der Waals surface area contributed by atoms with E-state index in [2.05, 4.69) is 4.99 Å². The number of fused-ring (bicyclic) bond motifs is 3. The zero-order valence-corrected chi connectivity index (χ0v) is 19.0. The molecule has 0 radical (unpaired) electrons. The van der Waals surface area contributed by atoms with Crippen LogP contribution in [0.4, 0.5) is 0 Å². The van der Waals surface area contributed by atoms with E-state index in [1.165, 1.54) is 0 Å². The van der Waals surface area contributed by atoms with Gasteiger partial charge in [-0.25, -0.2) is 4.79 Å². The van der Waals surface area contributed by atoms with Crippen molar-refractivity contribution in [2.75, 3.05) is 13.2 Å². The third-order valence-electron chi connectivity index (χ3n) is 5.27. The lowest BCUT2D eigenvalue weighted by molar-refractivity contribution is -0.139. The summed E-state index contributed by atoms with van der Waals surface area (Å²) >= 11 is 6.65. The summed E-state index contributed by atoms with van der Waals surface area (Å²) in [5.74, 6) is 0.142. The normalized spacial score (nSPS) is 15.9. The second-order valence-corrected chi connectivity index (χ2v) is 7.67. The van der Waals surface area contributed by atoms with Crippen molar-refractivity contribution < 1.29 is 19.0 Å². The number of benzene rings is 3. The Morgan fingerprint density at radius 2 is 1.72 bits per heavy atom. The van der Waals surface area contributed by atoms with Crippen LogP contribution >= 0.6 is 11.6 Å². The van der Waals surface area contributed by atoms with Gasteiger partial charge in [0.25, 0.3) is 0 Å². The zero-order chi connectivity index (χ0) is 22.7. The van der Waals surface area contributed by atoms with Crippen molar-refractivity contribution in [3.05, 3.63) is 88.3 Å². The van der Waals surface area contributed by atoms with Crippen molar-refractivity contribution in [3.63, 3.8) is 0 Å². The van der Waals surface area contributed by atoms with Crippen LogP contribution in [-0.4, -0.2) is 25.1 Å². The van der Waals surface area contributed by atoms with E-state index in [1.54, 1.807) is 13.8 Å². The predicted molar refractivity (Wildman–Crippen MR) is 126 cm³/mol. The number of carbonyl (C=O) groups excluding carboxylic acids is 1. The van der Waals surface area contributed by atoms with Crippen LogP contribution in [0.25, 0.3) is 10.8 Å². The fourth-order valence-electron chi connectivity index (χ4n) is 3.99. The van der Waals surface area contributed by atoms with Gasteiger partial charge in [-0.3, -0.25) is 0 Å². The first-order valence-electron chi connectivity index (χ1n) is 10.6. The minimum absolute atomic E-state index is 0.155. The molecule has 164 valence electrons. The standard InChI is InChI=1S/C26H24ClNO4/c1-4-30-16(3)28-25-24(26(29)31-5-2)23(19-12-8-9-13-20(19)27)22-18-11-7-6-10-17(18)14-15-21(22)32-25/h6-15,23H,4-5H2,1-3H3/b28-16+. The van der Waals surface area contributed by atoms with Crippen molar-refractivity contribution in [1.29, 1.82) is 0 Å². The average molecular weight is 450 g/mol. The average Bonchev–Trinajstić information content (AvgIpc) is 2.78. The first kappa shape index (κ1) is 21.9. The van der Waals surface area contributed by atoms with Gasteiger partial charge in [-0.15, -0.1) is 0 Å². The topological polar surface area (TPSA) is 57.1 Å². The lowest BCUT2D eigenvalue weighted by Gasteiger charge is -2.30. The van der Waals surface area contributed by atoms with E-state index >= 15 is 0 Å².